The normalized spacial score (nSPS) is 15.5. The lowest BCUT2D eigenvalue weighted by Crippen LogP contribution is -2.35. The predicted molar refractivity (Wildman–Crippen MR) is 171 cm³/mol. The number of rotatable bonds is 16. The zero-order valence-corrected chi connectivity index (χ0v) is 26.6. The minimum absolute atomic E-state index is 0.00871. The molecule has 4 aromatic rings. The Bertz CT molecular complexity index is 1590. The monoisotopic (exact) mass is 644 g/mol. The summed E-state index contributed by atoms with van der Waals surface area (Å²) in [5, 5.41) is 10.5. The van der Waals surface area contributed by atoms with Crippen LogP contribution in [0.1, 0.15) is 33.4 Å². The molecule has 240 valence electrons. The van der Waals surface area contributed by atoms with E-state index in [1.165, 1.54) is 0 Å². The molecule has 2 atom stereocenters. The molecule has 0 saturated heterocycles. The lowest BCUT2D eigenvalue weighted by Gasteiger charge is -2.27. The van der Waals surface area contributed by atoms with Crippen LogP contribution in [0.4, 0.5) is 0 Å². The number of hydrogen-bond donors (Lipinski definition) is 1. The third kappa shape index (κ3) is 9.16. The summed E-state index contributed by atoms with van der Waals surface area (Å²) in [5.41, 5.74) is 5.29. The quantitative estimate of drug-likeness (QED) is 0.101. The first-order valence-corrected chi connectivity index (χ1v) is 16.4. The van der Waals surface area contributed by atoms with Crippen LogP contribution in [0.5, 0.6) is 0 Å². The molecule has 0 fully saturated rings. The van der Waals surface area contributed by atoms with Crippen molar-refractivity contribution in [3.8, 4) is 0 Å². The summed E-state index contributed by atoms with van der Waals surface area (Å²) in [6.07, 6.45) is -2.68. The summed E-state index contributed by atoms with van der Waals surface area (Å²) >= 11 is 0. The Morgan fingerprint density at radius 3 is 1.61 bits per heavy atom. The molecular weight excluding hydrogens is 607 g/mol. The van der Waals surface area contributed by atoms with Gasteiger partial charge in [0.15, 0.2) is 11.9 Å². The van der Waals surface area contributed by atoms with Crippen LogP contribution in [-0.4, -0.2) is 29.9 Å². The maximum atomic E-state index is 14.1. The second-order valence-electron chi connectivity index (χ2n) is 10.9. The van der Waals surface area contributed by atoms with Crippen molar-refractivity contribution in [3.63, 3.8) is 0 Å². The van der Waals surface area contributed by atoms with Crippen LogP contribution in [0.25, 0.3) is 0 Å². The topological polar surface area (TPSA) is 110 Å². The maximum Gasteiger partial charge on any atom is 0.475 e. The van der Waals surface area contributed by atoms with Crippen LogP contribution in [0.3, 0.4) is 0 Å². The molecule has 0 aromatic heterocycles. The van der Waals surface area contributed by atoms with Gasteiger partial charge in [0, 0.05) is 0 Å². The number of carbonyl (C=O) groups is 1. The Kier molecular flexibility index (Phi) is 11.4. The molecule has 9 nitrogen and oxygen atoms in total. The number of phosphoric ester groups is 1. The number of benzene rings is 4. The molecule has 0 amide bonds. The van der Waals surface area contributed by atoms with Crippen molar-refractivity contribution in [1.29, 1.82) is 0 Å². The lowest BCUT2D eigenvalue weighted by molar-refractivity contribution is -0.148. The van der Waals surface area contributed by atoms with Gasteiger partial charge >= 0.3 is 13.8 Å². The second kappa shape index (κ2) is 15.9. The van der Waals surface area contributed by atoms with Crippen LogP contribution in [0, 0.1) is 13.8 Å². The molecule has 2 unspecified atom stereocenters. The third-order valence-corrected chi connectivity index (χ3v) is 8.59. The molecule has 0 bridgehead atoms. The highest BCUT2D eigenvalue weighted by Gasteiger charge is 2.46. The van der Waals surface area contributed by atoms with E-state index in [0.717, 1.165) is 33.4 Å². The highest BCUT2D eigenvalue weighted by atomic mass is 31.2. The van der Waals surface area contributed by atoms with Crippen molar-refractivity contribution in [2.45, 2.75) is 52.5 Å². The Morgan fingerprint density at radius 2 is 1.13 bits per heavy atom. The van der Waals surface area contributed by atoms with Crippen molar-refractivity contribution in [1.82, 2.24) is 0 Å². The fraction of sp³-hybridized carbons (Fsp3) is 0.250. The number of cyclic esters (lactones) is 1. The molecule has 0 saturated carbocycles. The highest BCUT2D eigenvalue weighted by molar-refractivity contribution is 7.48. The van der Waals surface area contributed by atoms with Gasteiger partial charge in [0.2, 0.25) is 5.76 Å². The molecule has 1 aliphatic heterocycles. The van der Waals surface area contributed by atoms with E-state index in [-0.39, 0.29) is 37.9 Å². The van der Waals surface area contributed by atoms with E-state index < -0.39 is 32.6 Å². The molecule has 1 N–H and O–H groups in total. The smallest absolute Gasteiger partial charge is 0.475 e. The van der Waals surface area contributed by atoms with Crippen molar-refractivity contribution >= 4 is 13.8 Å². The van der Waals surface area contributed by atoms with Crippen molar-refractivity contribution in [2.24, 2.45) is 0 Å². The van der Waals surface area contributed by atoms with Gasteiger partial charge in [0.05, 0.1) is 19.8 Å². The zero-order valence-electron chi connectivity index (χ0n) is 25.7. The number of aliphatic hydroxyl groups is 1. The lowest BCUT2D eigenvalue weighted by atomic mass is 10.1. The average Bonchev–Trinajstić information content (AvgIpc) is 3.40. The molecule has 46 heavy (non-hydrogen) atoms. The van der Waals surface area contributed by atoms with Crippen LogP contribution < -0.4 is 0 Å². The Balaban J connectivity index is 1.40. The molecular formula is C36H37O9P. The Labute approximate surface area is 268 Å². The molecule has 4 aromatic carbocycles. The molecule has 1 aliphatic rings. The van der Waals surface area contributed by atoms with E-state index >= 15 is 0 Å². The first kappa shape index (κ1) is 33.1. The number of aryl methyl sites for hydroxylation is 2. The summed E-state index contributed by atoms with van der Waals surface area (Å²) in [7, 11) is -4.36. The standard InChI is InChI=1S/C36H37O9P/c1-26-13-17-30(18-14-26)22-40-34-33(44-36(38)35(34)41-23-31-19-15-27(2)16-20-31)32(21-37)45-46(39,42-24-28-9-5-3-6-10-28)43-25-29-11-7-4-8-12-29/h3-20,32-33,37H,21-25H2,1-2H3. The van der Waals surface area contributed by atoms with Crippen LogP contribution in [-0.2, 0) is 63.6 Å². The predicted octanol–water partition coefficient (Wildman–Crippen LogP) is 7.09. The Hall–Kier alpha value is -4.24. The van der Waals surface area contributed by atoms with Gasteiger partial charge in [-0.2, -0.15) is 0 Å². The fourth-order valence-electron chi connectivity index (χ4n) is 4.56. The SMILES string of the molecule is Cc1ccc(COC2=C(OCc3ccc(C)cc3)C(C(CO)OP(=O)(OCc3ccccc3)OCc3ccccc3)OC2=O)cc1. The van der Waals surface area contributed by atoms with Crippen LogP contribution >= 0.6 is 7.82 Å². The van der Waals surface area contributed by atoms with Gasteiger partial charge in [-0.25, -0.2) is 9.36 Å². The Morgan fingerprint density at radius 1 is 0.674 bits per heavy atom. The third-order valence-electron chi connectivity index (χ3n) is 7.17. The molecule has 0 aliphatic carbocycles. The van der Waals surface area contributed by atoms with E-state index in [9.17, 15) is 14.5 Å². The van der Waals surface area contributed by atoms with Crippen molar-refractivity contribution in [2.75, 3.05) is 6.61 Å². The summed E-state index contributed by atoms with van der Waals surface area (Å²) in [6.45, 7) is 3.21. The van der Waals surface area contributed by atoms with E-state index in [1.54, 1.807) is 24.3 Å². The first-order chi connectivity index (χ1) is 22.3. The van der Waals surface area contributed by atoms with E-state index in [1.807, 2.05) is 98.8 Å². The summed E-state index contributed by atoms with van der Waals surface area (Å²) in [5.74, 6) is -0.956. The first-order valence-electron chi connectivity index (χ1n) is 14.9. The van der Waals surface area contributed by atoms with Gasteiger partial charge in [-0.1, -0.05) is 120 Å². The number of ether oxygens (including phenoxy) is 3. The van der Waals surface area contributed by atoms with Gasteiger partial charge in [0.25, 0.3) is 0 Å². The molecule has 0 radical (unpaired) electrons. The average molecular weight is 645 g/mol. The van der Waals surface area contributed by atoms with Gasteiger partial charge in [0.1, 0.15) is 19.3 Å². The fourth-order valence-corrected chi connectivity index (χ4v) is 5.88. The molecule has 1 heterocycles. The van der Waals surface area contributed by atoms with E-state index in [0.29, 0.717) is 0 Å². The summed E-state index contributed by atoms with van der Waals surface area (Å²) in [6, 6.07) is 33.6. The number of aliphatic hydroxyl groups excluding tert-OH is 1. The molecule has 0 spiro atoms. The van der Waals surface area contributed by atoms with E-state index in [2.05, 4.69) is 0 Å². The minimum Gasteiger partial charge on any atom is -0.485 e. The van der Waals surface area contributed by atoms with Crippen molar-refractivity contribution in [3.05, 3.63) is 154 Å². The number of carbonyl (C=O) groups excluding carboxylic acids is 1. The van der Waals surface area contributed by atoms with Gasteiger partial charge in [-0.3, -0.25) is 13.6 Å². The van der Waals surface area contributed by atoms with Gasteiger partial charge in [-0.05, 0) is 36.1 Å². The molecule has 10 heteroatoms. The van der Waals surface area contributed by atoms with Crippen LogP contribution in [0.2, 0.25) is 0 Å². The van der Waals surface area contributed by atoms with Crippen molar-refractivity contribution < 1.29 is 42.2 Å². The number of esters is 1. The summed E-state index contributed by atoms with van der Waals surface area (Å²) < 4.78 is 49.2. The van der Waals surface area contributed by atoms with E-state index in [4.69, 9.17) is 27.8 Å². The summed E-state index contributed by atoms with van der Waals surface area (Å²) in [4.78, 5) is 13.2. The second-order valence-corrected chi connectivity index (χ2v) is 12.5. The maximum absolute atomic E-state index is 14.1. The number of phosphoric acid groups is 1. The van der Waals surface area contributed by atoms with Crippen LogP contribution in [0.15, 0.2) is 121 Å². The number of hydrogen-bond acceptors (Lipinski definition) is 9. The molecule has 5 rings (SSSR count). The van der Waals surface area contributed by atoms with Gasteiger partial charge < -0.3 is 19.3 Å². The largest absolute Gasteiger partial charge is 0.485 e. The minimum atomic E-state index is -4.36. The van der Waals surface area contributed by atoms with Gasteiger partial charge in [-0.15, -0.1) is 0 Å². The highest BCUT2D eigenvalue weighted by Crippen LogP contribution is 2.53. The zero-order chi connectivity index (χ0) is 32.4.